The van der Waals surface area contributed by atoms with Crippen LogP contribution in [0.5, 0.6) is 0 Å². The maximum Gasteiger partial charge on any atom is 0.275 e. The molecule has 0 saturated carbocycles. The maximum absolute atomic E-state index is 13.5. The van der Waals surface area contributed by atoms with Crippen molar-refractivity contribution in [1.29, 1.82) is 0 Å². The van der Waals surface area contributed by atoms with Crippen LogP contribution in [0.25, 0.3) is 10.6 Å². The number of hydrogen-bond acceptors (Lipinski definition) is 4. The van der Waals surface area contributed by atoms with Crippen LogP contribution in [-0.2, 0) is 0 Å². The van der Waals surface area contributed by atoms with Gasteiger partial charge in [0.25, 0.3) is 5.91 Å². The second-order valence-corrected chi connectivity index (χ2v) is 5.07. The maximum atomic E-state index is 13.5. The highest BCUT2D eigenvalue weighted by Crippen LogP contribution is 2.23. The Bertz CT molecular complexity index is 773. The van der Waals surface area contributed by atoms with Crippen LogP contribution in [-0.4, -0.2) is 15.9 Å². The molecule has 21 heavy (non-hydrogen) atoms. The number of carbonyl (C=O) groups excluding carboxylic acids is 1. The lowest BCUT2D eigenvalue weighted by Crippen LogP contribution is -2.13. The molecule has 3 aromatic rings. The molecule has 2 aromatic heterocycles. The molecule has 0 aliphatic heterocycles. The van der Waals surface area contributed by atoms with Crippen molar-refractivity contribution in [2.24, 2.45) is 0 Å². The van der Waals surface area contributed by atoms with Crippen molar-refractivity contribution in [1.82, 2.24) is 9.97 Å². The summed E-state index contributed by atoms with van der Waals surface area (Å²) in [5.41, 5.74) is 1.29. The van der Waals surface area contributed by atoms with Gasteiger partial charge in [-0.3, -0.25) is 9.78 Å². The van der Waals surface area contributed by atoms with E-state index in [-0.39, 0.29) is 11.4 Å². The van der Waals surface area contributed by atoms with Gasteiger partial charge in [0.05, 0.1) is 5.69 Å². The van der Waals surface area contributed by atoms with Crippen LogP contribution >= 0.6 is 11.3 Å². The third-order valence-electron chi connectivity index (χ3n) is 2.79. The fraction of sp³-hybridized carbons (Fsp3) is 0. The number of hydrogen-bond donors (Lipinski definition) is 1. The zero-order valence-corrected chi connectivity index (χ0v) is 11.6. The van der Waals surface area contributed by atoms with E-state index in [1.165, 1.54) is 23.5 Å². The number of pyridine rings is 1. The summed E-state index contributed by atoms with van der Waals surface area (Å²) in [6.45, 7) is 0. The Labute approximate surface area is 124 Å². The van der Waals surface area contributed by atoms with E-state index in [2.05, 4.69) is 15.3 Å². The number of aromatic nitrogens is 2. The topological polar surface area (TPSA) is 54.9 Å². The zero-order valence-electron chi connectivity index (χ0n) is 10.8. The van der Waals surface area contributed by atoms with Crippen LogP contribution in [0.4, 0.5) is 10.1 Å². The van der Waals surface area contributed by atoms with E-state index >= 15 is 0 Å². The molecule has 0 unspecified atom stereocenters. The molecule has 2 heterocycles. The van der Waals surface area contributed by atoms with Gasteiger partial charge in [0.2, 0.25) is 0 Å². The molecule has 0 saturated heterocycles. The molecule has 0 spiro atoms. The van der Waals surface area contributed by atoms with Crippen LogP contribution in [0.1, 0.15) is 10.5 Å². The predicted octanol–water partition coefficient (Wildman–Crippen LogP) is 3.60. The predicted molar refractivity (Wildman–Crippen MR) is 79.7 cm³/mol. The van der Waals surface area contributed by atoms with E-state index in [4.69, 9.17) is 0 Å². The number of nitrogens with one attached hydrogen (secondary N) is 1. The summed E-state index contributed by atoms with van der Waals surface area (Å²) in [4.78, 5) is 20.3. The standard InChI is InChI=1S/C15H10FN3OS/c16-11-3-1-2-4-12(11)18-14(20)13-9-21-15(19-13)10-5-7-17-8-6-10/h1-9H,(H,18,20). The number of halogens is 1. The first-order valence-electron chi connectivity index (χ1n) is 6.16. The highest BCUT2D eigenvalue weighted by atomic mass is 32.1. The molecule has 1 amide bonds. The first-order valence-corrected chi connectivity index (χ1v) is 7.04. The second kappa shape index (κ2) is 5.80. The lowest BCUT2D eigenvalue weighted by molar-refractivity contribution is 0.102. The normalized spacial score (nSPS) is 10.3. The molecule has 6 heteroatoms. The van der Waals surface area contributed by atoms with E-state index in [0.29, 0.717) is 0 Å². The van der Waals surface area contributed by atoms with Crippen LogP contribution in [0.3, 0.4) is 0 Å². The van der Waals surface area contributed by atoms with E-state index < -0.39 is 11.7 Å². The average Bonchev–Trinajstić information content (AvgIpc) is 3.00. The summed E-state index contributed by atoms with van der Waals surface area (Å²) >= 11 is 1.35. The van der Waals surface area contributed by atoms with Gasteiger partial charge in [-0.2, -0.15) is 0 Å². The monoisotopic (exact) mass is 299 g/mol. The molecule has 104 valence electrons. The zero-order chi connectivity index (χ0) is 14.7. The molecule has 0 fully saturated rings. The average molecular weight is 299 g/mol. The quantitative estimate of drug-likeness (QED) is 0.804. The Morgan fingerprint density at radius 2 is 1.90 bits per heavy atom. The minimum atomic E-state index is -0.476. The van der Waals surface area contributed by atoms with Gasteiger partial charge in [-0.15, -0.1) is 11.3 Å². The molecule has 0 radical (unpaired) electrons. The van der Waals surface area contributed by atoms with Gasteiger partial charge in [-0.1, -0.05) is 12.1 Å². The van der Waals surface area contributed by atoms with Crippen molar-refractivity contribution in [3.63, 3.8) is 0 Å². The Morgan fingerprint density at radius 1 is 1.14 bits per heavy atom. The van der Waals surface area contributed by atoms with Crippen molar-refractivity contribution in [3.05, 3.63) is 65.7 Å². The largest absolute Gasteiger partial charge is 0.318 e. The van der Waals surface area contributed by atoms with Gasteiger partial charge in [0.1, 0.15) is 16.5 Å². The molecule has 0 bridgehead atoms. The third kappa shape index (κ3) is 2.95. The number of anilines is 1. The van der Waals surface area contributed by atoms with Crippen LogP contribution < -0.4 is 5.32 Å². The molecule has 1 aromatic carbocycles. The highest BCUT2D eigenvalue weighted by Gasteiger charge is 2.13. The lowest BCUT2D eigenvalue weighted by Gasteiger charge is -2.03. The minimum absolute atomic E-state index is 0.140. The summed E-state index contributed by atoms with van der Waals surface area (Å²) in [6, 6.07) is 9.65. The molecule has 0 atom stereocenters. The second-order valence-electron chi connectivity index (χ2n) is 4.21. The molecule has 4 nitrogen and oxygen atoms in total. The Kier molecular flexibility index (Phi) is 3.70. The van der Waals surface area contributed by atoms with E-state index in [0.717, 1.165) is 10.6 Å². The van der Waals surface area contributed by atoms with Crippen LogP contribution in [0, 0.1) is 5.82 Å². The van der Waals surface area contributed by atoms with Crippen LogP contribution in [0.15, 0.2) is 54.2 Å². The highest BCUT2D eigenvalue weighted by molar-refractivity contribution is 7.13. The minimum Gasteiger partial charge on any atom is -0.318 e. The SMILES string of the molecule is O=C(Nc1ccccc1F)c1csc(-c2ccncc2)n1. The van der Waals surface area contributed by atoms with E-state index in [1.807, 2.05) is 12.1 Å². The molecule has 0 aliphatic rings. The number of rotatable bonds is 3. The summed E-state index contributed by atoms with van der Waals surface area (Å²) in [6.07, 6.45) is 3.33. The Balaban J connectivity index is 1.80. The van der Waals surface area contributed by atoms with Crippen molar-refractivity contribution < 1.29 is 9.18 Å². The fourth-order valence-electron chi connectivity index (χ4n) is 1.75. The van der Waals surface area contributed by atoms with Crippen molar-refractivity contribution >= 4 is 22.9 Å². The molecular formula is C15H10FN3OS. The van der Waals surface area contributed by atoms with Gasteiger partial charge in [-0.05, 0) is 24.3 Å². The fourth-order valence-corrected chi connectivity index (χ4v) is 2.56. The van der Waals surface area contributed by atoms with Crippen molar-refractivity contribution in [2.45, 2.75) is 0 Å². The number of benzene rings is 1. The smallest absolute Gasteiger partial charge is 0.275 e. The van der Waals surface area contributed by atoms with Crippen LogP contribution in [0.2, 0.25) is 0 Å². The number of para-hydroxylation sites is 1. The summed E-state index contributed by atoms with van der Waals surface area (Å²) in [7, 11) is 0. The van der Waals surface area contributed by atoms with Gasteiger partial charge >= 0.3 is 0 Å². The van der Waals surface area contributed by atoms with Gasteiger partial charge in [0, 0.05) is 23.3 Å². The third-order valence-corrected chi connectivity index (χ3v) is 3.68. The number of carbonyl (C=O) groups is 1. The summed E-state index contributed by atoms with van der Waals surface area (Å²) < 4.78 is 13.5. The molecule has 3 rings (SSSR count). The van der Waals surface area contributed by atoms with E-state index in [1.54, 1.807) is 29.9 Å². The first-order chi connectivity index (χ1) is 10.2. The number of nitrogens with zero attached hydrogens (tertiary/aromatic N) is 2. The summed E-state index contributed by atoms with van der Waals surface area (Å²) in [5, 5.41) is 4.87. The Morgan fingerprint density at radius 3 is 2.67 bits per heavy atom. The van der Waals surface area contributed by atoms with E-state index in [9.17, 15) is 9.18 Å². The van der Waals surface area contributed by atoms with Gasteiger partial charge < -0.3 is 5.32 Å². The summed E-state index contributed by atoms with van der Waals surface area (Å²) in [5.74, 6) is -0.910. The number of amides is 1. The first kappa shape index (κ1) is 13.4. The van der Waals surface area contributed by atoms with Crippen molar-refractivity contribution in [3.8, 4) is 10.6 Å². The molecule has 0 aliphatic carbocycles. The molecular weight excluding hydrogens is 289 g/mol. The molecule has 1 N–H and O–H groups in total. The van der Waals surface area contributed by atoms with Crippen molar-refractivity contribution in [2.75, 3.05) is 5.32 Å². The van der Waals surface area contributed by atoms with Gasteiger partial charge in [0.15, 0.2) is 0 Å². The Hall–Kier alpha value is -2.60. The lowest BCUT2D eigenvalue weighted by atomic mass is 10.3. The number of thiazole rings is 1. The van der Waals surface area contributed by atoms with Gasteiger partial charge in [-0.25, -0.2) is 9.37 Å².